The van der Waals surface area contributed by atoms with Crippen LogP contribution in [0.1, 0.15) is 24.8 Å². The molecular formula is C31H28FN7O3S. The molecule has 218 valence electrons. The van der Waals surface area contributed by atoms with E-state index in [1.165, 1.54) is 6.07 Å². The van der Waals surface area contributed by atoms with Crippen LogP contribution >= 0.6 is 0 Å². The Hall–Kier alpha value is -4.94. The van der Waals surface area contributed by atoms with Crippen molar-refractivity contribution in [2.24, 2.45) is 11.7 Å². The van der Waals surface area contributed by atoms with Gasteiger partial charge in [-0.1, -0.05) is 26.0 Å². The SMILES string of the molecule is CC(C)C(=O)Nc1cncc(-c2cc3c(-c4cc5c(-c6cc(F)cc(C(N)S(C)(=O)=O)c6)cccc5[nH]4)n[nH]c3cn2)c1. The van der Waals surface area contributed by atoms with E-state index < -0.39 is 21.0 Å². The molecule has 1 amide bonds. The zero-order valence-corrected chi connectivity index (χ0v) is 24.3. The van der Waals surface area contributed by atoms with Gasteiger partial charge in [0.2, 0.25) is 5.91 Å². The Morgan fingerprint density at radius 1 is 0.977 bits per heavy atom. The van der Waals surface area contributed by atoms with Gasteiger partial charge < -0.3 is 16.0 Å². The predicted octanol–water partition coefficient (Wildman–Crippen LogP) is 5.57. The summed E-state index contributed by atoms with van der Waals surface area (Å²) in [4.78, 5) is 24.4. The van der Waals surface area contributed by atoms with Gasteiger partial charge in [0.15, 0.2) is 9.84 Å². The third-order valence-corrected chi connectivity index (χ3v) is 8.41. The van der Waals surface area contributed by atoms with Crippen LogP contribution in [0.4, 0.5) is 10.1 Å². The number of hydrogen-bond acceptors (Lipinski definition) is 7. The Bertz CT molecular complexity index is 2140. The van der Waals surface area contributed by atoms with Crippen molar-refractivity contribution in [1.29, 1.82) is 0 Å². The Balaban J connectivity index is 1.41. The summed E-state index contributed by atoms with van der Waals surface area (Å²) in [5, 5.41) is 10.7. The van der Waals surface area contributed by atoms with Gasteiger partial charge in [0, 0.05) is 40.2 Å². The molecular weight excluding hydrogens is 569 g/mol. The van der Waals surface area contributed by atoms with Crippen molar-refractivity contribution in [3.63, 3.8) is 0 Å². The minimum atomic E-state index is -3.63. The van der Waals surface area contributed by atoms with Crippen molar-refractivity contribution in [3.05, 3.63) is 84.6 Å². The molecule has 12 heteroatoms. The maximum absolute atomic E-state index is 14.7. The average molecular weight is 598 g/mol. The number of rotatable bonds is 7. The molecule has 10 nitrogen and oxygen atoms in total. The summed E-state index contributed by atoms with van der Waals surface area (Å²) in [6.07, 6.45) is 5.98. The second-order valence-corrected chi connectivity index (χ2v) is 12.9. The van der Waals surface area contributed by atoms with Gasteiger partial charge in [-0.2, -0.15) is 5.10 Å². The van der Waals surface area contributed by atoms with Crippen molar-refractivity contribution in [2.45, 2.75) is 19.2 Å². The predicted molar refractivity (Wildman–Crippen MR) is 165 cm³/mol. The number of amides is 1. The number of aromatic nitrogens is 5. The Labute approximate surface area is 246 Å². The Morgan fingerprint density at radius 3 is 2.56 bits per heavy atom. The first-order valence-corrected chi connectivity index (χ1v) is 15.4. The first-order chi connectivity index (χ1) is 20.5. The smallest absolute Gasteiger partial charge is 0.226 e. The molecule has 0 fully saturated rings. The average Bonchev–Trinajstić information content (AvgIpc) is 3.59. The number of fused-ring (bicyclic) bond motifs is 2. The largest absolute Gasteiger partial charge is 0.353 e. The first kappa shape index (κ1) is 28.2. The number of carbonyl (C=O) groups is 1. The highest BCUT2D eigenvalue weighted by atomic mass is 32.2. The first-order valence-electron chi connectivity index (χ1n) is 13.5. The zero-order chi connectivity index (χ0) is 30.5. The number of H-pyrrole nitrogens is 2. The van der Waals surface area contributed by atoms with Crippen molar-refractivity contribution in [2.75, 3.05) is 11.6 Å². The number of sulfone groups is 1. The fourth-order valence-electron chi connectivity index (χ4n) is 4.93. The van der Waals surface area contributed by atoms with Gasteiger partial charge in [-0.05, 0) is 59.2 Å². The van der Waals surface area contributed by atoms with Crippen LogP contribution in [0.15, 0.2) is 73.2 Å². The number of hydrogen-bond donors (Lipinski definition) is 4. The highest BCUT2D eigenvalue weighted by Gasteiger charge is 2.21. The lowest BCUT2D eigenvalue weighted by molar-refractivity contribution is -0.118. The van der Waals surface area contributed by atoms with E-state index in [9.17, 15) is 17.6 Å². The summed E-state index contributed by atoms with van der Waals surface area (Å²) < 4.78 is 38.8. The molecule has 0 aliphatic heterocycles. The van der Waals surface area contributed by atoms with Crippen LogP contribution in [0.5, 0.6) is 0 Å². The summed E-state index contributed by atoms with van der Waals surface area (Å²) in [7, 11) is -3.63. The lowest BCUT2D eigenvalue weighted by Crippen LogP contribution is -2.20. The second kappa shape index (κ2) is 10.7. The number of carbonyl (C=O) groups excluding carboxylic acids is 1. The molecule has 0 bridgehead atoms. The number of nitrogens with one attached hydrogen (secondary N) is 3. The molecule has 1 atom stereocenters. The summed E-state index contributed by atoms with van der Waals surface area (Å²) >= 11 is 0. The Morgan fingerprint density at radius 2 is 1.79 bits per heavy atom. The van der Waals surface area contributed by atoms with Crippen LogP contribution in [-0.4, -0.2) is 45.7 Å². The van der Waals surface area contributed by atoms with Crippen molar-refractivity contribution in [3.8, 4) is 33.8 Å². The van der Waals surface area contributed by atoms with Gasteiger partial charge in [-0.15, -0.1) is 0 Å². The molecule has 0 spiro atoms. The fraction of sp³-hybridized carbons (Fsp3) is 0.161. The van der Waals surface area contributed by atoms with E-state index in [2.05, 4.69) is 30.5 Å². The van der Waals surface area contributed by atoms with Gasteiger partial charge in [0.25, 0.3) is 0 Å². The van der Waals surface area contributed by atoms with E-state index in [4.69, 9.17) is 5.73 Å². The molecule has 0 aliphatic carbocycles. The topological polar surface area (TPSA) is 160 Å². The van der Waals surface area contributed by atoms with Gasteiger partial charge >= 0.3 is 0 Å². The normalized spacial score (nSPS) is 12.7. The van der Waals surface area contributed by atoms with E-state index in [0.29, 0.717) is 33.9 Å². The highest BCUT2D eigenvalue weighted by Crippen LogP contribution is 2.36. The zero-order valence-electron chi connectivity index (χ0n) is 23.5. The number of aromatic amines is 2. The summed E-state index contributed by atoms with van der Waals surface area (Å²) in [6.45, 7) is 3.64. The monoisotopic (exact) mass is 597 g/mol. The molecule has 0 saturated carbocycles. The fourth-order valence-corrected chi connectivity index (χ4v) is 5.56. The number of halogens is 1. The van der Waals surface area contributed by atoms with E-state index >= 15 is 0 Å². The minimum Gasteiger partial charge on any atom is -0.353 e. The molecule has 4 heterocycles. The van der Waals surface area contributed by atoms with Gasteiger partial charge in [0.1, 0.15) is 16.9 Å². The lowest BCUT2D eigenvalue weighted by atomic mass is 9.99. The van der Waals surface area contributed by atoms with Crippen LogP contribution in [0.25, 0.3) is 55.6 Å². The van der Waals surface area contributed by atoms with Crippen LogP contribution in [-0.2, 0) is 14.6 Å². The van der Waals surface area contributed by atoms with E-state index in [-0.39, 0.29) is 17.4 Å². The molecule has 6 aromatic rings. The molecule has 2 aromatic carbocycles. The van der Waals surface area contributed by atoms with Crippen LogP contribution in [0.3, 0.4) is 0 Å². The highest BCUT2D eigenvalue weighted by molar-refractivity contribution is 7.90. The quantitative estimate of drug-likeness (QED) is 0.187. The molecule has 0 radical (unpaired) electrons. The number of pyridine rings is 2. The lowest BCUT2D eigenvalue weighted by Gasteiger charge is -2.12. The van der Waals surface area contributed by atoms with E-state index in [1.807, 2.05) is 50.2 Å². The molecule has 43 heavy (non-hydrogen) atoms. The van der Waals surface area contributed by atoms with E-state index in [0.717, 1.165) is 39.7 Å². The number of nitrogens with two attached hydrogens (primary N) is 1. The number of benzene rings is 2. The maximum Gasteiger partial charge on any atom is 0.226 e. The molecule has 0 saturated heterocycles. The van der Waals surface area contributed by atoms with Crippen molar-refractivity contribution in [1.82, 2.24) is 25.1 Å². The third kappa shape index (κ3) is 5.49. The minimum absolute atomic E-state index is 0.106. The van der Waals surface area contributed by atoms with E-state index in [1.54, 1.807) is 24.7 Å². The summed E-state index contributed by atoms with van der Waals surface area (Å²) in [5.41, 5.74) is 12.1. The molecule has 5 N–H and O–H groups in total. The number of nitrogens with zero attached hydrogens (tertiary/aromatic N) is 3. The van der Waals surface area contributed by atoms with Gasteiger partial charge in [-0.3, -0.25) is 19.9 Å². The van der Waals surface area contributed by atoms with Crippen LogP contribution in [0.2, 0.25) is 0 Å². The Kier molecular flexibility index (Phi) is 7.03. The molecule has 6 rings (SSSR count). The third-order valence-electron chi connectivity index (χ3n) is 7.21. The second-order valence-electron chi connectivity index (χ2n) is 10.8. The standard InChI is InChI=1S/C31H28FN7O3S/c1-16(2)31(40)36-21-10-19(13-34-14-21)26-12-24-28(15-35-26)38-39-29(24)27-11-23-22(5-4-6-25(23)37-27)17-7-18(9-20(32)8-17)30(33)43(3,41)42/h4-16,30,37H,33H2,1-3H3,(H,36,40)(H,38,39). The number of anilines is 1. The van der Waals surface area contributed by atoms with Crippen LogP contribution in [0, 0.1) is 11.7 Å². The molecule has 1 unspecified atom stereocenters. The van der Waals surface area contributed by atoms with Crippen LogP contribution < -0.4 is 11.1 Å². The summed E-state index contributed by atoms with van der Waals surface area (Å²) in [6, 6.07) is 15.3. The molecule has 0 aliphatic rings. The summed E-state index contributed by atoms with van der Waals surface area (Å²) in [5.74, 6) is -0.859. The molecule has 4 aromatic heterocycles. The van der Waals surface area contributed by atoms with Gasteiger partial charge in [-0.25, -0.2) is 12.8 Å². The van der Waals surface area contributed by atoms with Crippen molar-refractivity contribution < 1.29 is 17.6 Å². The van der Waals surface area contributed by atoms with Gasteiger partial charge in [0.05, 0.1) is 35.0 Å². The maximum atomic E-state index is 14.7. The van der Waals surface area contributed by atoms with Crippen molar-refractivity contribution >= 4 is 43.2 Å².